The van der Waals surface area contributed by atoms with E-state index in [1.54, 1.807) is 14.2 Å². The Bertz CT molecular complexity index is 99.1. The van der Waals surface area contributed by atoms with Gasteiger partial charge in [0.1, 0.15) is 0 Å². The second-order valence-electron chi connectivity index (χ2n) is 2.78. The van der Waals surface area contributed by atoms with E-state index in [9.17, 15) is 0 Å². The summed E-state index contributed by atoms with van der Waals surface area (Å²) in [5.41, 5.74) is 5.48. The first-order valence-corrected chi connectivity index (χ1v) is 5.23. The fourth-order valence-corrected chi connectivity index (χ4v) is 1.80. The van der Waals surface area contributed by atoms with Crippen LogP contribution in [0.1, 0.15) is 6.92 Å². The molecule has 0 rings (SSSR count). The van der Waals surface area contributed by atoms with Gasteiger partial charge in [0.25, 0.3) is 0 Å². The van der Waals surface area contributed by atoms with Crippen LogP contribution in [-0.4, -0.2) is 38.6 Å². The smallest absolute Gasteiger partial charge is 0.165 e. The molecular formula is C8H19NO2S. The summed E-state index contributed by atoms with van der Waals surface area (Å²) in [6.45, 7) is 2.89. The molecule has 0 aromatic heterocycles. The monoisotopic (exact) mass is 193 g/mol. The second kappa shape index (κ2) is 7.86. The van der Waals surface area contributed by atoms with Gasteiger partial charge in [0.2, 0.25) is 0 Å². The van der Waals surface area contributed by atoms with Crippen molar-refractivity contribution in [2.24, 2.45) is 11.7 Å². The zero-order valence-corrected chi connectivity index (χ0v) is 8.89. The van der Waals surface area contributed by atoms with Gasteiger partial charge >= 0.3 is 0 Å². The van der Waals surface area contributed by atoms with E-state index in [0.29, 0.717) is 5.92 Å². The molecule has 12 heavy (non-hydrogen) atoms. The number of ether oxygens (including phenoxy) is 2. The largest absolute Gasteiger partial charge is 0.355 e. The van der Waals surface area contributed by atoms with Crippen LogP contribution in [0.25, 0.3) is 0 Å². The Hall–Kier alpha value is 0.230. The fourth-order valence-electron chi connectivity index (χ4n) is 0.666. The number of rotatable bonds is 7. The van der Waals surface area contributed by atoms with Crippen LogP contribution in [0.5, 0.6) is 0 Å². The molecule has 0 radical (unpaired) electrons. The summed E-state index contributed by atoms with van der Waals surface area (Å²) < 4.78 is 10.1. The maximum Gasteiger partial charge on any atom is 0.165 e. The van der Waals surface area contributed by atoms with E-state index in [4.69, 9.17) is 15.2 Å². The lowest BCUT2D eigenvalue weighted by molar-refractivity contribution is -0.0842. The fraction of sp³-hybridized carbons (Fsp3) is 1.00. The van der Waals surface area contributed by atoms with Gasteiger partial charge in [-0.15, -0.1) is 0 Å². The standard InChI is InChI=1S/C8H19NO2S/c1-7(4-9)5-12-6-8(10-2)11-3/h7-8H,4-6,9H2,1-3H3. The van der Waals surface area contributed by atoms with Crippen LogP contribution in [0.15, 0.2) is 0 Å². The molecule has 2 N–H and O–H groups in total. The molecule has 0 aromatic rings. The normalized spacial score (nSPS) is 13.8. The Morgan fingerprint density at radius 3 is 2.25 bits per heavy atom. The lowest BCUT2D eigenvalue weighted by atomic mass is 10.2. The average molecular weight is 193 g/mol. The SMILES string of the molecule is COC(CSCC(C)CN)OC. The van der Waals surface area contributed by atoms with Crippen LogP contribution in [0, 0.1) is 5.92 Å². The zero-order chi connectivity index (χ0) is 9.40. The summed E-state index contributed by atoms with van der Waals surface area (Å²) in [5.74, 6) is 2.52. The molecule has 0 amide bonds. The summed E-state index contributed by atoms with van der Waals surface area (Å²) in [4.78, 5) is 0. The molecule has 0 fully saturated rings. The highest BCUT2D eigenvalue weighted by atomic mass is 32.2. The summed E-state index contributed by atoms with van der Waals surface area (Å²) in [6, 6.07) is 0. The van der Waals surface area contributed by atoms with Gasteiger partial charge in [-0.2, -0.15) is 11.8 Å². The van der Waals surface area contributed by atoms with E-state index in [1.165, 1.54) is 0 Å². The van der Waals surface area contributed by atoms with E-state index in [0.717, 1.165) is 18.1 Å². The molecule has 0 bridgehead atoms. The minimum Gasteiger partial charge on any atom is -0.355 e. The number of hydrogen-bond acceptors (Lipinski definition) is 4. The summed E-state index contributed by atoms with van der Waals surface area (Å²) >= 11 is 1.81. The molecular weight excluding hydrogens is 174 g/mol. The summed E-state index contributed by atoms with van der Waals surface area (Å²) in [7, 11) is 3.31. The Labute approximate surface area is 79.0 Å². The molecule has 0 saturated heterocycles. The van der Waals surface area contributed by atoms with Crippen molar-refractivity contribution < 1.29 is 9.47 Å². The second-order valence-corrected chi connectivity index (χ2v) is 3.85. The van der Waals surface area contributed by atoms with Crippen molar-refractivity contribution in [3.8, 4) is 0 Å². The molecule has 0 spiro atoms. The van der Waals surface area contributed by atoms with Crippen molar-refractivity contribution >= 4 is 11.8 Å². The molecule has 1 atom stereocenters. The van der Waals surface area contributed by atoms with E-state index in [1.807, 2.05) is 11.8 Å². The highest BCUT2D eigenvalue weighted by molar-refractivity contribution is 7.99. The van der Waals surface area contributed by atoms with Crippen molar-refractivity contribution in [3.63, 3.8) is 0 Å². The summed E-state index contributed by atoms with van der Waals surface area (Å²) in [6.07, 6.45) is -0.0834. The van der Waals surface area contributed by atoms with Crippen LogP contribution in [0.2, 0.25) is 0 Å². The van der Waals surface area contributed by atoms with Crippen LogP contribution >= 0.6 is 11.8 Å². The van der Waals surface area contributed by atoms with Gasteiger partial charge in [-0.05, 0) is 18.2 Å². The molecule has 0 heterocycles. The number of methoxy groups -OCH3 is 2. The van der Waals surface area contributed by atoms with E-state index < -0.39 is 0 Å². The molecule has 3 nitrogen and oxygen atoms in total. The van der Waals surface area contributed by atoms with Crippen LogP contribution in [-0.2, 0) is 9.47 Å². The van der Waals surface area contributed by atoms with Gasteiger partial charge in [0, 0.05) is 20.0 Å². The van der Waals surface area contributed by atoms with E-state index in [2.05, 4.69) is 6.92 Å². The van der Waals surface area contributed by atoms with Crippen molar-refractivity contribution in [1.29, 1.82) is 0 Å². The minimum atomic E-state index is -0.0834. The molecule has 0 aliphatic carbocycles. The third-order valence-corrected chi connectivity index (χ3v) is 2.90. The van der Waals surface area contributed by atoms with Gasteiger partial charge in [-0.3, -0.25) is 0 Å². The molecule has 0 aromatic carbocycles. The van der Waals surface area contributed by atoms with Crippen molar-refractivity contribution in [3.05, 3.63) is 0 Å². The Morgan fingerprint density at radius 2 is 1.83 bits per heavy atom. The molecule has 74 valence electrons. The maximum atomic E-state index is 5.48. The van der Waals surface area contributed by atoms with E-state index >= 15 is 0 Å². The predicted octanol–water partition coefficient (Wildman–Crippen LogP) is 0.933. The van der Waals surface area contributed by atoms with Crippen LogP contribution in [0.4, 0.5) is 0 Å². The number of nitrogens with two attached hydrogens (primary N) is 1. The Morgan fingerprint density at radius 1 is 1.25 bits per heavy atom. The first kappa shape index (κ1) is 12.2. The average Bonchev–Trinajstić information content (AvgIpc) is 2.12. The third-order valence-electron chi connectivity index (χ3n) is 1.58. The highest BCUT2D eigenvalue weighted by Crippen LogP contribution is 2.10. The van der Waals surface area contributed by atoms with Gasteiger partial charge in [-0.1, -0.05) is 6.92 Å². The quantitative estimate of drug-likeness (QED) is 0.611. The number of hydrogen-bond donors (Lipinski definition) is 1. The van der Waals surface area contributed by atoms with E-state index in [-0.39, 0.29) is 6.29 Å². The van der Waals surface area contributed by atoms with Crippen LogP contribution < -0.4 is 5.73 Å². The maximum absolute atomic E-state index is 5.48. The molecule has 0 aliphatic rings. The zero-order valence-electron chi connectivity index (χ0n) is 8.08. The van der Waals surface area contributed by atoms with Gasteiger partial charge < -0.3 is 15.2 Å². The van der Waals surface area contributed by atoms with Gasteiger partial charge in [0.15, 0.2) is 6.29 Å². The third kappa shape index (κ3) is 5.83. The highest BCUT2D eigenvalue weighted by Gasteiger charge is 2.06. The Kier molecular flexibility index (Phi) is 8.01. The van der Waals surface area contributed by atoms with Gasteiger partial charge in [-0.25, -0.2) is 0 Å². The van der Waals surface area contributed by atoms with Crippen LogP contribution in [0.3, 0.4) is 0 Å². The molecule has 1 unspecified atom stereocenters. The topological polar surface area (TPSA) is 44.5 Å². The van der Waals surface area contributed by atoms with Crippen molar-refractivity contribution in [1.82, 2.24) is 0 Å². The van der Waals surface area contributed by atoms with Crippen molar-refractivity contribution in [2.45, 2.75) is 13.2 Å². The minimum absolute atomic E-state index is 0.0834. The molecule has 0 aliphatic heterocycles. The molecule has 0 saturated carbocycles. The summed E-state index contributed by atoms with van der Waals surface area (Å²) in [5, 5.41) is 0. The lowest BCUT2D eigenvalue weighted by Gasteiger charge is -2.14. The number of thioether (sulfide) groups is 1. The first-order valence-electron chi connectivity index (χ1n) is 4.08. The van der Waals surface area contributed by atoms with Crippen molar-refractivity contribution in [2.75, 3.05) is 32.3 Å². The Balaban J connectivity index is 3.28. The predicted molar refractivity (Wildman–Crippen MR) is 53.3 cm³/mol. The molecule has 4 heteroatoms. The van der Waals surface area contributed by atoms with Gasteiger partial charge in [0.05, 0.1) is 0 Å². The first-order chi connectivity index (χ1) is 5.74. The lowest BCUT2D eigenvalue weighted by Crippen LogP contribution is -2.18.